The molecule has 3 aromatic rings. The Bertz CT molecular complexity index is 1040. The number of H-pyrrole nitrogens is 1. The standard InChI is InChI=1S/C18H20N8O/c1-27-14-6-12-11(8-24-26-12)5-13(14)25-18-15(17(20)22-9-23-18)16(19)10-3-2-4-21-7-10/h2-3,5-9,16,21H,4,19H2,1H3,(H,24,26)(H3,20,22,23,25). The van der Waals surface area contributed by atoms with Gasteiger partial charge in [0.25, 0.3) is 0 Å². The fraction of sp³-hybridized carbons (Fsp3) is 0.167. The Morgan fingerprint density at radius 3 is 2.96 bits per heavy atom. The van der Waals surface area contributed by atoms with E-state index >= 15 is 0 Å². The first kappa shape index (κ1) is 16.9. The van der Waals surface area contributed by atoms with Crippen molar-refractivity contribution in [1.82, 2.24) is 25.5 Å². The van der Waals surface area contributed by atoms with Crippen LogP contribution in [0.15, 0.2) is 48.6 Å². The number of nitrogen functional groups attached to an aromatic ring is 1. The molecule has 27 heavy (non-hydrogen) atoms. The molecule has 9 nitrogen and oxygen atoms in total. The highest BCUT2D eigenvalue weighted by atomic mass is 16.5. The monoisotopic (exact) mass is 364 g/mol. The maximum absolute atomic E-state index is 6.46. The highest BCUT2D eigenvalue weighted by Gasteiger charge is 2.21. The number of dihydropyridines is 1. The van der Waals surface area contributed by atoms with Gasteiger partial charge in [0.05, 0.1) is 36.1 Å². The van der Waals surface area contributed by atoms with E-state index in [0.29, 0.717) is 22.9 Å². The topological polar surface area (TPSA) is 140 Å². The first-order chi connectivity index (χ1) is 13.2. The number of ether oxygens (including phenoxy) is 1. The largest absolute Gasteiger partial charge is 0.494 e. The minimum atomic E-state index is -0.485. The van der Waals surface area contributed by atoms with E-state index in [1.165, 1.54) is 6.33 Å². The molecule has 0 fully saturated rings. The van der Waals surface area contributed by atoms with Crippen LogP contribution in [0.1, 0.15) is 11.6 Å². The Morgan fingerprint density at radius 1 is 1.30 bits per heavy atom. The van der Waals surface area contributed by atoms with Gasteiger partial charge >= 0.3 is 0 Å². The quantitative estimate of drug-likeness (QED) is 0.461. The lowest BCUT2D eigenvalue weighted by Crippen LogP contribution is -2.21. The molecule has 0 saturated carbocycles. The third-order valence-corrected chi connectivity index (χ3v) is 4.41. The van der Waals surface area contributed by atoms with Crippen molar-refractivity contribution in [3.8, 4) is 5.75 Å². The van der Waals surface area contributed by atoms with E-state index in [1.807, 2.05) is 30.5 Å². The van der Waals surface area contributed by atoms with Crippen molar-refractivity contribution in [2.45, 2.75) is 6.04 Å². The Labute approximate surface area is 155 Å². The van der Waals surface area contributed by atoms with Crippen LogP contribution < -0.4 is 26.8 Å². The van der Waals surface area contributed by atoms with Crippen LogP contribution in [-0.2, 0) is 0 Å². The summed E-state index contributed by atoms with van der Waals surface area (Å²) < 4.78 is 5.49. The van der Waals surface area contributed by atoms with Crippen molar-refractivity contribution in [3.05, 3.63) is 54.1 Å². The fourth-order valence-corrected chi connectivity index (χ4v) is 3.03. The molecular formula is C18H20N8O. The average Bonchev–Trinajstić information content (AvgIpc) is 3.15. The molecule has 2 aromatic heterocycles. The number of nitrogens with zero attached hydrogens (tertiary/aromatic N) is 3. The van der Waals surface area contributed by atoms with Gasteiger partial charge in [-0.05, 0) is 11.6 Å². The van der Waals surface area contributed by atoms with Crippen LogP contribution in [-0.4, -0.2) is 33.8 Å². The number of rotatable bonds is 5. The minimum Gasteiger partial charge on any atom is -0.494 e. The summed E-state index contributed by atoms with van der Waals surface area (Å²) >= 11 is 0. The summed E-state index contributed by atoms with van der Waals surface area (Å²) in [4.78, 5) is 8.47. The number of methoxy groups -OCH3 is 1. The summed E-state index contributed by atoms with van der Waals surface area (Å²) in [6.07, 6.45) is 8.98. The van der Waals surface area contributed by atoms with Gasteiger partial charge in [-0.2, -0.15) is 5.10 Å². The summed E-state index contributed by atoms with van der Waals surface area (Å²) in [5.74, 6) is 1.49. The van der Waals surface area contributed by atoms with E-state index in [1.54, 1.807) is 13.3 Å². The number of benzene rings is 1. The number of aromatic nitrogens is 4. The molecule has 1 unspecified atom stereocenters. The van der Waals surface area contributed by atoms with Crippen molar-refractivity contribution in [2.75, 3.05) is 24.7 Å². The lowest BCUT2D eigenvalue weighted by Gasteiger charge is -2.21. The smallest absolute Gasteiger partial charge is 0.144 e. The molecule has 1 atom stereocenters. The lowest BCUT2D eigenvalue weighted by atomic mass is 9.99. The van der Waals surface area contributed by atoms with E-state index in [4.69, 9.17) is 16.2 Å². The Morgan fingerprint density at radius 2 is 2.19 bits per heavy atom. The van der Waals surface area contributed by atoms with Gasteiger partial charge in [-0.1, -0.05) is 12.2 Å². The van der Waals surface area contributed by atoms with Crippen molar-refractivity contribution >= 4 is 28.2 Å². The van der Waals surface area contributed by atoms with Crippen LogP contribution >= 0.6 is 0 Å². The highest BCUT2D eigenvalue weighted by Crippen LogP contribution is 2.35. The van der Waals surface area contributed by atoms with Crippen LogP contribution in [0.25, 0.3) is 10.9 Å². The number of aromatic amines is 1. The number of anilines is 3. The van der Waals surface area contributed by atoms with Crippen molar-refractivity contribution in [1.29, 1.82) is 0 Å². The van der Waals surface area contributed by atoms with Crippen molar-refractivity contribution in [3.63, 3.8) is 0 Å². The lowest BCUT2D eigenvalue weighted by molar-refractivity contribution is 0.417. The van der Waals surface area contributed by atoms with Gasteiger partial charge in [0, 0.05) is 24.2 Å². The van der Waals surface area contributed by atoms with Crippen LogP contribution in [0.5, 0.6) is 5.75 Å². The summed E-state index contributed by atoms with van der Waals surface area (Å²) in [5.41, 5.74) is 15.7. The molecule has 0 spiro atoms. The number of nitrogens with two attached hydrogens (primary N) is 2. The third-order valence-electron chi connectivity index (χ3n) is 4.41. The third kappa shape index (κ3) is 3.15. The number of nitrogens with one attached hydrogen (secondary N) is 3. The summed E-state index contributed by atoms with van der Waals surface area (Å²) in [5, 5.41) is 14.3. The summed E-state index contributed by atoms with van der Waals surface area (Å²) in [6, 6.07) is 3.30. The second-order valence-electron chi connectivity index (χ2n) is 6.09. The maximum Gasteiger partial charge on any atom is 0.144 e. The molecule has 0 radical (unpaired) electrons. The minimum absolute atomic E-state index is 0.322. The van der Waals surface area contributed by atoms with Crippen molar-refractivity contribution in [2.24, 2.45) is 5.73 Å². The first-order valence-corrected chi connectivity index (χ1v) is 8.41. The SMILES string of the molecule is COc1cc2[nH]ncc2cc1Nc1ncnc(N)c1C(N)C1=CNCC=C1. The fourth-order valence-electron chi connectivity index (χ4n) is 3.03. The number of fused-ring (bicyclic) bond motifs is 1. The molecule has 0 saturated heterocycles. The van der Waals surface area contributed by atoms with E-state index in [9.17, 15) is 0 Å². The zero-order chi connectivity index (χ0) is 18.8. The molecule has 1 aliphatic rings. The summed E-state index contributed by atoms with van der Waals surface area (Å²) in [7, 11) is 1.60. The van der Waals surface area contributed by atoms with Crippen LogP contribution in [0.2, 0.25) is 0 Å². The number of hydrogen-bond acceptors (Lipinski definition) is 8. The average molecular weight is 364 g/mol. The Kier molecular flexibility index (Phi) is 4.35. The van der Waals surface area contributed by atoms with Gasteiger partial charge in [0.15, 0.2) is 0 Å². The van der Waals surface area contributed by atoms with E-state index in [2.05, 4.69) is 30.8 Å². The van der Waals surface area contributed by atoms with Crippen LogP contribution in [0, 0.1) is 0 Å². The normalized spacial score (nSPS) is 14.5. The number of hydrogen-bond donors (Lipinski definition) is 5. The first-order valence-electron chi connectivity index (χ1n) is 8.41. The molecule has 138 valence electrons. The maximum atomic E-state index is 6.46. The zero-order valence-electron chi connectivity index (χ0n) is 14.7. The second kappa shape index (κ2) is 6.96. The molecule has 4 rings (SSSR count). The Hall–Kier alpha value is -3.59. The van der Waals surface area contributed by atoms with Gasteiger partial charge < -0.3 is 26.8 Å². The van der Waals surface area contributed by atoms with Gasteiger partial charge in [-0.25, -0.2) is 9.97 Å². The molecule has 1 aromatic carbocycles. The van der Waals surface area contributed by atoms with E-state index in [-0.39, 0.29) is 0 Å². The summed E-state index contributed by atoms with van der Waals surface area (Å²) in [6.45, 7) is 0.768. The van der Waals surface area contributed by atoms with Gasteiger partial charge in [-0.15, -0.1) is 0 Å². The molecule has 3 heterocycles. The predicted molar refractivity (Wildman–Crippen MR) is 105 cm³/mol. The zero-order valence-corrected chi connectivity index (χ0v) is 14.7. The van der Waals surface area contributed by atoms with Gasteiger partial charge in [-0.3, -0.25) is 5.10 Å². The van der Waals surface area contributed by atoms with Gasteiger partial charge in [0.2, 0.25) is 0 Å². The predicted octanol–water partition coefficient (Wildman–Crippen LogP) is 1.73. The highest BCUT2D eigenvalue weighted by molar-refractivity contribution is 5.87. The van der Waals surface area contributed by atoms with Crippen LogP contribution in [0.3, 0.4) is 0 Å². The molecule has 0 aliphatic carbocycles. The van der Waals surface area contributed by atoms with Crippen LogP contribution in [0.4, 0.5) is 17.3 Å². The molecule has 0 bridgehead atoms. The molecule has 1 aliphatic heterocycles. The molecular weight excluding hydrogens is 344 g/mol. The molecule has 0 amide bonds. The molecule has 7 N–H and O–H groups in total. The second-order valence-corrected chi connectivity index (χ2v) is 6.09. The van der Waals surface area contributed by atoms with Crippen molar-refractivity contribution < 1.29 is 4.74 Å². The Balaban J connectivity index is 1.76. The van der Waals surface area contributed by atoms with Gasteiger partial charge in [0.1, 0.15) is 23.7 Å². The van der Waals surface area contributed by atoms with E-state index < -0.39 is 6.04 Å². The molecule has 9 heteroatoms. The van der Waals surface area contributed by atoms with E-state index in [0.717, 1.165) is 28.7 Å².